The molecule has 0 saturated carbocycles. The highest BCUT2D eigenvalue weighted by Crippen LogP contribution is 2.26. The molecule has 0 bridgehead atoms. The number of nitrogens with zero attached hydrogens (tertiary/aromatic N) is 1. The summed E-state index contributed by atoms with van der Waals surface area (Å²) in [4.78, 5) is 25.2. The number of carboxylic acids is 1. The van der Waals surface area contributed by atoms with Crippen LogP contribution in [0.25, 0.3) is 0 Å². The molecule has 1 N–H and O–H groups in total. The average Bonchev–Trinajstić information content (AvgIpc) is 3.05. The second-order valence-corrected chi connectivity index (χ2v) is 5.00. The van der Waals surface area contributed by atoms with E-state index < -0.39 is 5.97 Å². The van der Waals surface area contributed by atoms with Crippen LogP contribution in [0.5, 0.6) is 0 Å². The molecule has 22 heavy (non-hydrogen) atoms. The highest BCUT2D eigenvalue weighted by Gasteiger charge is 2.31. The van der Waals surface area contributed by atoms with E-state index in [4.69, 9.17) is 14.3 Å². The Morgan fingerprint density at radius 3 is 2.68 bits per heavy atom. The van der Waals surface area contributed by atoms with Crippen molar-refractivity contribution < 1.29 is 23.8 Å². The molecule has 1 aliphatic rings. The molecule has 114 valence electrons. The zero-order chi connectivity index (χ0) is 15.5. The molecule has 1 atom stereocenters. The average molecular weight is 301 g/mol. The third-order valence-electron chi connectivity index (χ3n) is 3.63. The van der Waals surface area contributed by atoms with Crippen LogP contribution in [0.3, 0.4) is 0 Å². The summed E-state index contributed by atoms with van der Waals surface area (Å²) >= 11 is 0. The highest BCUT2D eigenvalue weighted by molar-refractivity contribution is 5.95. The van der Waals surface area contributed by atoms with E-state index in [1.165, 1.54) is 6.07 Å². The number of ether oxygens (including phenoxy) is 1. The Labute approximate surface area is 126 Å². The first-order chi connectivity index (χ1) is 10.7. The van der Waals surface area contributed by atoms with Gasteiger partial charge >= 0.3 is 5.97 Å². The molecule has 3 rings (SSSR count). The highest BCUT2D eigenvalue weighted by atomic mass is 16.5. The first-order valence-electron chi connectivity index (χ1n) is 6.92. The van der Waals surface area contributed by atoms with Crippen molar-refractivity contribution in [2.45, 2.75) is 6.04 Å². The topological polar surface area (TPSA) is 80.0 Å². The van der Waals surface area contributed by atoms with Crippen LogP contribution < -0.4 is 0 Å². The van der Waals surface area contributed by atoms with Gasteiger partial charge in [0.05, 0.1) is 24.8 Å². The monoisotopic (exact) mass is 301 g/mol. The van der Waals surface area contributed by atoms with Crippen molar-refractivity contribution in [1.29, 1.82) is 0 Å². The number of furan rings is 1. The van der Waals surface area contributed by atoms with E-state index in [0.29, 0.717) is 19.8 Å². The van der Waals surface area contributed by atoms with Crippen molar-refractivity contribution in [2.24, 2.45) is 0 Å². The lowest BCUT2D eigenvalue weighted by Gasteiger charge is -2.35. The molecule has 1 saturated heterocycles. The van der Waals surface area contributed by atoms with E-state index in [1.54, 1.807) is 4.90 Å². The van der Waals surface area contributed by atoms with Gasteiger partial charge in [-0.25, -0.2) is 4.79 Å². The molecule has 0 aliphatic carbocycles. The number of hydrogen-bond donors (Lipinski definition) is 1. The molecule has 1 aliphatic heterocycles. The first kappa shape index (κ1) is 14.3. The largest absolute Gasteiger partial charge is 0.478 e. The van der Waals surface area contributed by atoms with Gasteiger partial charge in [-0.1, -0.05) is 30.3 Å². The van der Waals surface area contributed by atoms with Crippen LogP contribution >= 0.6 is 0 Å². The molecule has 1 fully saturated rings. The van der Waals surface area contributed by atoms with Gasteiger partial charge in [0.15, 0.2) is 5.76 Å². The quantitative estimate of drug-likeness (QED) is 0.940. The fourth-order valence-electron chi connectivity index (χ4n) is 2.50. The maximum absolute atomic E-state index is 12.6. The Hall–Kier alpha value is -2.60. The van der Waals surface area contributed by atoms with E-state index in [-0.39, 0.29) is 23.3 Å². The summed E-state index contributed by atoms with van der Waals surface area (Å²) in [7, 11) is 0. The lowest BCUT2D eigenvalue weighted by Crippen LogP contribution is -2.43. The lowest BCUT2D eigenvalue weighted by atomic mass is 10.0. The molecule has 6 nitrogen and oxygen atoms in total. The zero-order valence-corrected chi connectivity index (χ0v) is 11.8. The molecule has 2 aromatic rings. The normalized spacial score (nSPS) is 18.2. The van der Waals surface area contributed by atoms with Gasteiger partial charge in [0.25, 0.3) is 5.91 Å². The van der Waals surface area contributed by atoms with Gasteiger partial charge in [0.2, 0.25) is 0 Å². The molecule has 1 aromatic heterocycles. The maximum Gasteiger partial charge on any atom is 0.338 e. The second kappa shape index (κ2) is 6.03. The van der Waals surface area contributed by atoms with E-state index >= 15 is 0 Å². The van der Waals surface area contributed by atoms with Crippen LogP contribution in [0.15, 0.2) is 47.1 Å². The summed E-state index contributed by atoms with van der Waals surface area (Å²) in [6, 6.07) is 10.6. The summed E-state index contributed by atoms with van der Waals surface area (Å²) in [5.74, 6) is -1.42. The van der Waals surface area contributed by atoms with E-state index in [2.05, 4.69) is 0 Å². The Morgan fingerprint density at radius 1 is 1.23 bits per heavy atom. The van der Waals surface area contributed by atoms with Gasteiger partial charge in [-0.2, -0.15) is 0 Å². The number of morpholine rings is 1. The number of aromatic carboxylic acids is 1. The third-order valence-corrected chi connectivity index (χ3v) is 3.63. The standard InChI is InChI=1S/C16H15NO5/c18-15(14-8-12(9-22-14)16(19)20)17-6-7-21-10-13(17)11-4-2-1-3-5-11/h1-5,8-9,13H,6-7,10H2,(H,19,20). The van der Waals surface area contributed by atoms with Gasteiger partial charge in [0, 0.05) is 12.6 Å². The minimum absolute atomic E-state index is 0.0280. The van der Waals surface area contributed by atoms with Crippen LogP contribution in [0, 0.1) is 0 Å². The zero-order valence-electron chi connectivity index (χ0n) is 11.8. The van der Waals surface area contributed by atoms with Crippen molar-refractivity contribution in [1.82, 2.24) is 4.90 Å². The van der Waals surface area contributed by atoms with Crippen LogP contribution in [0.1, 0.15) is 32.5 Å². The predicted molar refractivity (Wildman–Crippen MR) is 76.7 cm³/mol. The van der Waals surface area contributed by atoms with E-state index in [0.717, 1.165) is 11.8 Å². The van der Waals surface area contributed by atoms with Gasteiger partial charge < -0.3 is 19.2 Å². The minimum atomic E-state index is -1.12. The van der Waals surface area contributed by atoms with Crippen molar-refractivity contribution in [3.05, 3.63) is 59.5 Å². The number of benzene rings is 1. The number of carbonyl (C=O) groups is 2. The molecule has 1 amide bonds. The van der Waals surface area contributed by atoms with Crippen LogP contribution in [-0.4, -0.2) is 41.6 Å². The molecule has 1 unspecified atom stereocenters. The summed E-state index contributed by atoms with van der Waals surface area (Å²) in [5.41, 5.74) is 0.938. The molecule has 6 heteroatoms. The Morgan fingerprint density at radius 2 is 2.00 bits per heavy atom. The fourth-order valence-corrected chi connectivity index (χ4v) is 2.50. The van der Waals surface area contributed by atoms with Crippen LogP contribution in [0.2, 0.25) is 0 Å². The Bertz CT molecular complexity index is 679. The summed E-state index contributed by atoms with van der Waals surface area (Å²) in [6.45, 7) is 1.28. The van der Waals surface area contributed by atoms with Crippen LogP contribution in [0.4, 0.5) is 0 Å². The second-order valence-electron chi connectivity index (χ2n) is 5.00. The lowest BCUT2D eigenvalue weighted by molar-refractivity contribution is -0.00425. The molecular weight excluding hydrogens is 286 g/mol. The predicted octanol–water partition coefficient (Wildman–Crippen LogP) is 2.19. The van der Waals surface area contributed by atoms with Crippen molar-refractivity contribution in [3.63, 3.8) is 0 Å². The summed E-state index contributed by atoms with van der Waals surface area (Å²) < 4.78 is 10.6. The number of amides is 1. The van der Waals surface area contributed by atoms with Gasteiger partial charge in [0.1, 0.15) is 6.26 Å². The number of rotatable bonds is 3. The Balaban J connectivity index is 1.86. The third kappa shape index (κ3) is 2.73. The van der Waals surface area contributed by atoms with E-state index in [1.807, 2.05) is 30.3 Å². The molecule has 0 radical (unpaired) electrons. The molecule has 2 heterocycles. The fraction of sp³-hybridized carbons (Fsp3) is 0.250. The van der Waals surface area contributed by atoms with Gasteiger partial charge in [-0.05, 0) is 5.56 Å². The van der Waals surface area contributed by atoms with E-state index in [9.17, 15) is 9.59 Å². The minimum Gasteiger partial charge on any atom is -0.478 e. The van der Waals surface area contributed by atoms with Crippen molar-refractivity contribution in [2.75, 3.05) is 19.8 Å². The summed E-state index contributed by atoms with van der Waals surface area (Å²) in [6.07, 6.45) is 1.08. The van der Waals surface area contributed by atoms with Gasteiger partial charge in [-0.15, -0.1) is 0 Å². The Kier molecular flexibility index (Phi) is 3.93. The summed E-state index contributed by atoms with van der Waals surface area (Å²) in [5, 5.41) is 8.92. The molecule has 1 aromatic carbocycles. The first-order valence-corrected chi connectivity index (χ1v) is 6.92. The number of hydrogen-bond acceptors (Lipinski definition) is 4. The smallest absolute Gasteiger partial charge is 0.338 e. The van der Waals surface area contributed by atoms with Crippen molar-refractivity contribution in [3.8, 4) is 0 Å². The SMILES string of the molecule is O=C(O)c1coc(C(=O)N2CCOCC2c2ccccc2)c1. The number of carboxylic acid groups (broad SMARTS) is 1. The maximum atomic E-state index is 12.6. The van der Waals surface area contributed by atoms with Gasteiger partial charge in [-0.3, -0.25) is 4.79 Å². The number of carbonyl (C=O) groups excluding carboxylic acids is 1. The molecule has 0 spiro atoms. The van der Waals surface area contributed by atoms with Crippen molar-refractivity contribution >= 4 is 11.9 Å². The molecular formula is C16H15NO5. The van der Waals surface area contributed by atoms with Crippen LogP contribution in [-0.2, 0) is 4.74 Å².